The summed E-state index contributed by atoms with van der Waals surface area (Å²) in [6.07, 6.45) is 2.38. The Kier molecular flexibility index (Phi) is 4.76. The Bertz CT molecular complexity index is 809. The van der Waals surface area contributed by atoms with Crippen LogP contribution in [0.15, 0.2) is 52.9 Å². The lowest BCUT2D eigenvalue weighted by Crippen LogP contribution is -2.31. The Balaban J connectivity index is 1.53. The number of hydrogen-bond donors (Lipinski definition) is 0. The van der Waals surface area contributed by atoms with Crippen LogP contribution in [0.2, 0.25) is 0 Å². The summed E-state index contributed by atoms with van der Waals surface area (Å²) >= 11 is 0. The van der Waals surface area contributed by atoms with Crippen molar-refractivity contribution in [1.29, 1.82) is 0 Å². The van der Waals surface area contributed by atoms with Gasteiger partial charge < -0.3 is 9.15 Å². The highest BCUT2D eigenvalue weighted by Crippen LogP contribution is 2.20. The van der Waals surface area contributed by atoms with E-state index in [4.69, 9.17) is 9.15 Å². The van der Waals surface area contributed by atoms with Gasteiger partial charge in [-0.05, 0) is 42.7 Å². The van der Waals surface area contributed by atoms with Gasteiger partial charge in [0.05, 0.1) is 12.6 Å². The Morgan fingerprint density at radius 2 is 2.04 bits per heavy atom. The first-order valence-electron chi connectivity index (χ1n) is 8.69. The molecule has 0 aliphatic carbocycles. The topological polar surface area (TPSA) is 38.5 Å². The van der Waals surface area contributed by atoms with Crippen LogP contribution in [0.1, 0.15) is 24.3 Å². The zero-order chi connectivity index (χ0) is 17.1. The van der Waals surface area contributed by atoms with Gasteiger partial charge >= 0.3 is 0 Å². The molecule has 1 aliphatic rings. The van der Waals surface area contributed by atoms with Crippen LogP contribution in [-0.2, 0) is 17.8 Å². The van der Waals surface area contributed by atoms with Crippen molar-refractivity contribution in [2.75, 3.05) is 13.2 Å². The molecule has 1 aromatic heterocycles. The maximum atomic E-state index is 13.5. The summed E-state index contributed by atoms with van der Waals surface area (Å²) in [5.74, 6) is 0.465. The molecule has 4 rings (SSSR count). The third-order valence-electron chi connectivity index (χ3n) is 4.48. The maximum Gasteiger partial charge on any atom is 0.209 e. The number of oxazole rings is 1. The Morgan fingerprint density at radius 1 is 1.12 bits per heavy atom. The third-order valence-corrected chi connectivity index (χ3v) is 4.48. The molecule has 0 spiro atoms. The molecule has 25 heavy (non-hydrogen) atoms. The molecule has 0 N–H and O–H groups in total. The second-order valence-electron chi connectivity index (χ2n) is 6.51. The highest BCUT2D eigenvalue weighted by Gasteiger charge is 2.21. The second kappa shape index (κ2) is 7.33. The molecule has 0 radical (unpaired) electrons. The predicted octanol–water partition coefficient (Wildman–Crippen LogP) is 4.15. The van der Waals surface area contributed by atoms with Crippen molar-refractivity contribution in [3.05, 3.63) is 65.8 Å². The standard InChI is InChI=1S/C20H21FN2O2/c21-16-6-3-5-15(11-16)12-23(13-17-7-4-10-24-17)14-20-22-18-8-1-2-9-19(18)25-20/h1-3,5-6,8-9,11,17H,4,7,10,12-14H2. The number of fused-ring (bicyclic) bond motifs is 1. The summed E-state index contributed by atoms with van der Waals surface area (Å²) in [5, 5.41) is 0. The molecule has 0 bridgehead atoms. The highest BCUT2D eigenvalue weighted by molar-refractivity contribution is 5.72. The number of aromatic nitrogens is 1. The van der Waals surface area contributed by atoms with Crippen LogP contribution in [0, 0.1) is 5.82 Å². The van der Waals surface area contributed by atoms with Crippen LogP contribution in [0.4, 0.5) is 4.39 Å². The lowest BCUT2D eigenvalue weighted by molar-refractivity contribution is 0.0650. The van der Waals surface area contributed by atoms with Crippen LogP contribution in [0.25, 0.3) is 11.1 Å². The molecule has 2 heterocycles. The normalized spacial score (nSPS) is 17.6. The van der Waals surface area contributed by atoms with Crippen LogP contribution < -0.4 is 0 Å². The van der Waals surface area contributed by atoms with Gasteiger partial charge in [-0.15, -0.1) is 0 Å². The van der Waals surface area contributed by atoms with Gasteiger partial charge in [-0.3, -0.25) is 4.90 Å². The van der Waals surface area contributed by atoms with E-state index in [1.165, 1.54) is 6.07 Å². The number of para-hydroxylation sites is 2. The van der Waals surface area contributed by atoms with Gasteiger partial charge in [0.15, 0.2) is 5.58 Å². The van der Waals surface area contributed by atoms with Gasteiger partial charge in [-0.1, -0.05) is 24.3 Å². The molecule has 5 heteroatoms. The minimum absolute atomic E-state index is 0.212. The number of hydrogen-bond acceptors (Lipinski definition) is 4. The van der Waals surface area contributed by atoms with Gasteiger partial charge in [0.2, 0.25) is 5.89 Å². The van der Waals surface area contributed by atoms with Gasteiger partial charge in [-0.25, -0.2) is 9.37 Å². The zero-order valence-electron chi connectivity index (χ0n) is 14.0. The number of rotatable bonds is 6. The number of ether oxygens (including phenoxy) is 1. The molecule has 2 aromatic carbocycles. The van der Waals surface area contributed by atoms with E-state index >= 15 is 0 Å². The van der Waals surface area contributed by atoms with Crippen molar-refractivity contribution >= 4 is 11.1 Å². The van der Waals surface area contributed by atoms with E-state index in [1.54, 1.807) is 12.1 Å². The van der Waals surface area contributed by atoms with E-state index in [0.717, 1.165) is 42.7 Å². The van der Waals surface area contributed by atoms with Gasteiger partial charge in [0.1, 0.15) is 11.3 Å². The van der Waals surface area contributed by atoms with Crippen molar-refractivity contribution in [2.45, 2.75) is 32.0 Å². The number of benzene rings is 2. The fourth-order valence-electron chi connectivity index (χ4n) is 3.33. The molecule has 1 atom stereocenters. The van der Waals surface area contributed by atoms with Gasteiger partial charge in [-0.2, -0.15) is 0 Å². The zero-order valence-corrected chi connectivity index (χ0v) is 14.0. The van der Waals surface area contributed by atoms with Crippen LogP contribution >= 0.6 is 0 Å². The van der Waals surface area contributed by atoms with Crippen LogP contribution in [-0.4, -0.2) is 29.1 Å². The van der Waals surface area contributed by atoms with E-state index in [1.807, 2.05) is 30.3 Å². The summed E-state index contributed by atoms with van der Waals surface area (Å²) in [7, 11) is 0. The molecular weight excluding hydrogens is 319 g/mol. The van der Waals surface area contributed by atoms with Gasteiger partial charge in [0.25, 0.3) is 0 Å². The number of halogens is 1. The minimum Gasteiger partial charge on any atom is -0.439 e. The van der Waals surface area contributed by atoms with E-state index in [2.05, 4.69) is 9.88 Å². The molecule has 1 fully saturated rings. The van der Waals surface area contributed by atoms with E-state index in [0.29, 0.717) is 19.0 Å². The molecule has 1 aliphatic heterocycles. The average molecular weight is 340 g/mol. The quantitative estimate of drug-likeness (QED) is 0.676. The van der Waals surface area contributed by atoms with E-state index in [-0.39, 0.29) is 11.9 Å². The SMILES string of the molecule is Fc1cccc(CN(Cc2nc3ccccc3o2)CC2CCCO2)c1. The molecule has 4 nitrogen and oxygen atoms in total. The first-order valence-corrected chi connectivity index (χ1v) is 8.69. The Hall–Kier alpha value is -2.24. The fourth-order valence-corrected chi connectivity index (χ4v) is 3.33. The van der Waals surface area contributed by atoms with Crippen molar-refractivity contribution in [3.63, 3.8) is 0 Å². The molecule has 3 aromatic rings. The summed E-state index contributed by atoms with van der Waals surface area (Å²) in [4.78, 5) is 6.78. The molecule has 1 unspecified atom stereocenters. The summed E-state index contributed by atoms with van der Waals surface area (Å²) < 4.78 is 25.1. The first kappa shape index (κ1) is 16.2. The van der Waals surface area contributed by atoms with Crippen LogP contribution in [0.3, 0.4) is 0 Å². The monoisotopic (exact) mass is 340 g/mol. The van der Waals surface area contributed by atoms with E-state index in [9.17, 15) is 4.39 Å². The summed E-state index contributed by atoms with van der Waals surface area (Å²) in [6.45, 7) is 2.82. The molecule has 1 saturated heterocycles. The third kappa shape index (κ3) is 4.06. The minimum atomic E-state index is -0.212. The predicted molar refractivity (Wildman–Crippen MR) is 93.5 cm³/mol. The van der Waals surface area contributed by atoms with E-state index < -0.39 is 0 Å². The molecule has 0 amide bonds. The van der Waals surface area contributed by atoms with Gasteiger partial charge in [0, 0.05) is 19.7 Å². The highest BCUT2D eigenvalue weighted by atomic mass is 19.1. The smallest absolute Gasteiger partial charge is 0.209 e. The lowest BCUT2D eigenvalue weighted by Gasteiger charge is -2.24. The Labute approximate surface area is 146 Å². The second-order valence-corrected chi connectivity index (χ2v) is 6.51. The summed E-state index contributed by atoms with van der Waals surface area (Å²) in [6, 6.07) is 14.5. The van der Waals surface area contributed by atoms with Crippen molar-refractivity contribution in [3.8, 4) is 0 Å². The Morgan fingerprint density at radius 3 is 2.84 bits per heavy atom. The van der Waals surface area contributed by atoms with Crippen molar-refractivity contribution in [1.82, 2.24) is 9.88 Å². The molecule has 130 valence electrons. The molecular formula is C20H21FN2O2. The maximum absolute atomic E-state index is 13.5. The molecule has 0 saturated carbocycles. The first-order chi connectivity index (χ1) is 12.3. The number of nitrogens with zero attached hydrogens (tertiary/aromatic N) is 2. The van der Waals surface area contributed by atoms with Crippen molar-refractivity contribution < 1.29 is 13.5 Å². The largest absolute Gasteiger partial charge is 0.439 e. The average Bonchev–Trinajstić information content (AvgIpc) is 3.23. The summed E-state index contributed by atoms with van der Waals surface area (Å²) in [5.41, 5.74) is 2.59. The fraction of sp³-hybridized carbons (Fsp3) is 0.350. The van der Waals surface area contributed by atoms with Crippen molar-refractivity contribution in [2.24, 2.45) is 0 Å². The van der Waals surface area contributed by atoms with Crippen LogP contribution in [0.5, 0.6) is 0 Å². The lowest BCUT2D eigenvalue weighted by atomic mass is 10.1.